The van der Waals surface area contributed by atoms with Gasteiger partial charge >= 0.3 is 0 Å². The van der Waals surface area contributed by atoms with Crippen molar-refractivity contribution in [3.8, 4) is 0 Å². The third kappa shape index (κ3) is 4.91. The van der Waals surface area contributed by atoms with Gasteiger partial charge < -0.3 is 14.2 Å². The van der Waals surface area contributed by atoms with Crippen LogP contribution in [0.5, 0.6) is 0 Å². The lowest BCUT2D eigenvalue weighted by Crippen LogP contribution is -2.36. The molecular formula is C12H19BrN2O2. The van der Waals surface area contributed by atoms with Crippen molar-refractivity contribution >= 4 is 21.8 Å². The number of aryl methyl sites for hydroxylation is 1. The summed E-state index contributed by atoms with van der Waals surface area (Å²) in [5.74, 6) is 1.79. The van der Waals surface area contributed by atoms with Crippen LogP contribution in [0.25, 0.3) is 0 Å². The van der Waals surface area contributed by atoms with E-state index in [4.69, 9.17) is 4.42 Å². The highest BCUT2D eigenvalue weighted by atomic mass is 79.9. The van der Waals surface area contributed by atoms with Gasteiger partial charge in [-0.05, 0) is 33.2 Å². The van der Waals surface area contributed by atoms with Crippen molar-refractivity contribution in [2.24, 2.45) is 0 Å². The predicted molar refractivity (Wildman–Crippen MR) is 71.2 cm³/mol. The van der Waals surface area contributed by atoms with Crippen molar-refractivity contribution < 1.29 is 9.21 Å². The first-order valence-electron chi connectivity index (χ1n) is 5.56. The average molecular weight is 303 g/mol. The normalized spacial score (nSPS) is 10.9. The SMILES string of the molecule is Cc1ccc(CN(CCN(C)C)C(=O)CBr)o1. The van der Waals surface area contributed by atoms with Gasteiger partial charge in [0.25, 0.3) is 0 Å². The molecule has 0 aliphatic rings. The number of likely N-dealkylation sites (N-methyl/N-ethyl adjacent to an activating group) is 1. The summed E-state index contributed by atoms with van der Waals surface area (Å²) in [4.78, 5) is 15.6. The fourth-order valence-electron chi connectivity index (χ4n) is 1.46. The van der Waals surface area contributed by atoms with Gasteiger partial charge in [0.2, 0.25) is 5.91 Å². The van der Waals surface area contributed by atoms with Crippen molar-refractivity contribution in [2.45, 2.75) is 13.5 Å². The number of hydrogen-bond acceptors (Lipinski definition) is 3. The fraction of sp³-hybridized carbons (Fsp3) is 0.583. The van der Waals surface area contributed by atoms with Crippen LogP contribution in [0.4, 0.5) is 0 Å². The van der Waals surface area contributed by atoms with Crippen LogP contribution >= 0.6 is 15.9 Å². The standard InChI is InChI=1S/C12H19BrN2O2/c1-10-4-5-11(17-10)9-15(12(16)8-13)7-6-14(2)3/h4-5H,6-9H2,1-3H3. The molecule has 1 aromatic rings. The van der Waals surface area contributed by atoms with Crippen molar-refractivity contribution in [2.75, 3.05) is 32.5 Å². The lowest BCUT2D eigenvalue weighted by atomic mass is 10.3. The van der Waals surface area contributed by atoms with Crippen LogP contribution in [0.1, 0.15) is 11.5 Å². The number of amides is 1. The fourth-order valence-corrected chi connectivity index (χ4v) is 1.81. The molecule has 0 saturated carbocycles. The van der Waals surface area contributed by atoms with Crippen molar-refractivity contribution in [3.05, 3.63) is 23.7 Å². The Morgan fingerprint density at radius 1 is 1.35 bits per heavy atom. The molecule has 0 fully saturated rings. The van der Waals surface area contributed by atoms with E-state index in [0.29, 0.717) is 18.4 Å². The second kappa shape index (κ2) is 6.81. The van der Waals surface area contributed by atoms with Gasteiger partial charge in [0.05, 0.1) is 11.9 Å². The Labute approximate surface area is 111 Å². The first kappa shape index (κ1) is 14.3. The van der Waals surface area contributed by atoms with Gasteiger partial charge in [-0.3, -0.25) is 4.79 Å². The van der Waals surface area contributed by atoms with Crippen LogP contribution in [-0.2, 0) is 11.3 Å². The number of carbonyl (C=O) groups excluding carboxylic acids is 1. The molecule has 1 heterocycles. The summed E-state index contributed by atoms with van der Waals surface area (Å²) in [6, 6.07) is 3.83. The maximum Gasteiger partial charge on any atom is 0.233 e. The molecule has 0 N–H and O–H groups in total. The second-order valence-corrected chi connectivity index (χ2v) is 4.83. The minimum atomic E-state index is 0.0842. The van der Waals surface area contributed by atoms with E-state index < -0.39 is 0 Å². The minimum Gasteiger partial charge on any atom is -0.464 e. The summed E-state index contributed by atoms with van der Waals surface area (Å²) < 4.78 is 5.49. The van der Waals surface area contributed by atoms with E-state index >= 15 is 0 Å². The van der Waals surface area contributed by atoms with E-state index in [-0.39, 0.29) is 5.91 Å². The second-order valence-electron chi connectivity index (χ2n) is 4.26. The van der Waals surface area contributed by atoms with Gasteiger partial charge in [0.1, 0.15) is 11.5 Å². The van der Waals surface area contributed by atoms with E-state index in [9.17, 15) is 4.79 Å². The topological polar surface area (TPSA) is 36.7 Å². The number of carbonyl (C=O) groups is 1. The van der Waals surface area contributed by atoms with E-state index in [1.54, 1.807) is 4.90 Å². The Morgan fingerprint density at radius 3 is 2.53 bits per heavy atom. The van der Waals surface area contributed by atoms with Gasteiger partial charge in [-0.2, -0.15) is 0 Å². The predicted octanol–water partition coefficient (Wildman–Crippen LogP) is 1.87. The summed E-state index contributed by atoms with van der Waals surface area (Å²) in [6.45, 7) is 3.99. The highest BCUT2D eigenvalue weighted by Gasteiger charge is 2.14. The van der Waals surface area contributed by atoms with Crippen LogP contribution in [0.2, 0.25) is 0 Å². The van der Waals surface area contributed by atoms with Crippen LogP contribution in [0.3, 0.4) is 0 Å². The molecule has 1 aromatic heterocycles. The molecule has 0 spiro atoms. The maximum atomic E-state index is 11.8. The summed E-state index contributed by atoms with van der Waals surface area (Å²) in [6.07, 6.45) is 0. The first-order valence-corrected chi connectivity index (χ1v) is 6.69. The molecular weight excluding hydrogens is 284 g/mol. The highest BCUT2D eigenvalue weighted by Crippen LogP contribution is 2.10. The lowest BCUT2D eigenvalue weighted by Gasteiger charge is -2.22. The maximum absolute atomic E-state index is 11.8. The monoisotopic (exact) mass is 302 g/mol. The smallest absolute Gasteiger partial charge is 0.233 e. The molecule has 1 rings (SSSR count). The summed E-state index contributed by atoms with van der Waals surface area (Å²) in [5, 5.41) is 0.347. The number of rotatable bonds is 6. The Morgan fingerprint density at radius 2 is 2.06 bits per heavy atom. The molecule has 0 aliphatic carbocycles. The van der Waals surface area contributed by atoms with Gasteiger partial charge in [0, 0.05) is 13.1 Å². The zero-order valence-corrected chi connectivity index (χ0v) is 12.2. The van der Waals surface area contributed by atoms with E-state index in [0.717, 1.165) is 18.1 Å². The van der Waals surface area contributed by atoms with Crippen LogP contribution < -0.4 is 0 Å². The van der Waals surface area contributed by atoms with E-state index in [1.807, 2.05) is 33.2 Å². The number of halogens is 1. The summed E-state index contributed by atoms with van der Waals surface area (Å²) in [7, 11) is 3.99. The van der Waals surface area contributed by atoms with Crippen molar-refractivity contribution in [1.82, 2.24) is 9.80 Å². The number of nitrogens with zero attached hydrogens (tertiary/aromatic N) is 2. The van der Waals surface area contributed by atoms with Gasteiger partial charge in [-0.15, -0.1) is 0 Å². The van der Waals surface area contributed by atoms with Crippen molar-refractivity contribution in [3.63, 3.8) is 0 Å². The zero-order valence-electron chi connectivity index (χ0n) is 10.6. The molecule has 0 aromatic carbocycles. The molecule has 4 nitrogen and oxygen atoms in total. The van der Waals surface area contributed by atoms with E-state index in [2.05, 4.69) is 20.8 Å². The van der Waals surface area contributed by atoms with Crippen molar-refractivity contribution in [1.29, 1.82) is 0 Å². The third-order valence-electron chi connectivity index (χ3n) is 2.43. The largest absolute Gasteiger partial charge is 0.464 e. The van der Waals surface area contributed by atoms with Crippen LogP contribution in [0.15, 0.2) is 16.5 Å². The zero-order chi connectivity index (χ0) is 12.8. The van der Waals surface area contributed by atoms with Crippen LogP contribution in [-0.4, -0.2) is 48.2 Å². The summed E-state index contributed by atoms with van der Waals surface area (Å²) >= 11 is 3.21. The third-order valence-corrected chi connectivity index (χ3v) is 2.91. The molecule has 0 radical (unpaired) electrons. The van der Waals surface area contributed by atoms with E-state index in [1.165, 1.54) is 0 Å². The molecule has 0 atom stereocenters. The quantitative estimate of drug-likeness (QED) is 0.753. The molecule has 0 bridgehead atoms. The molecule has 17 heavy (non-hydrogen) atoms. The Bertz CT molecular complexity index is 363. The number of alkyl halides is 1. The molecule has 0 unspecified atom stereocenters. The van der Waals surface area contributed by atoms with Crippen LogP contribution in [0, 0.1) is 6.92 Å². The molecule has 5 heteroatoms. The highest BCUT2D eigenvalue weighted by molar-refractivity contribution is 9.09. The van der Waals surface area contributed by atoms with Gasteiger partial charge in [-0.1, -0.05) is 15.9 Å². The number of hydrogen-bond donors (Lipinski definition) is 0. The first-order chi connectivity index (χ1) is 8.02. The molecule has 1 amide bonds. The Kier molecular flexibility index (Phi) is 5.71. The van der Waals surface area contributed by atoms with Gasteiger partial charge in [0.15, 0.2) is 0 Å². The molecule has 0 saturated heterocycles. The average Bonchev–Trinajstić information content (AvgIpc) is 2.68. The Hall–Kier alpha value is -0.810. The minimum absolute atomic E-state index is 0.0842. The summed E-state index contributed by atoms with van der Waals surface area (Å²) in [5.41, 5.74) is 0. The Balaban J connectivity index is 2.60. The lowest BCUT2D eigenvalue weighted by molar-refractivity contribution is -0.129. The number of furan rings is 1. The van der Waals surface area contributed by atoms with Gasteiger partial charge in [-0.25, -0.2) is 0 Å². The molecule has 96 valence electrons. The molecule has 0 aliphatic heterocycles.